The van der Waals surface area contributed by atoms with Crippen molar-refractivity contribution in [2.45, 2.75) is 45.4 Å². The molecule has 0 radical (unpaired) electrons. The van der Waals surface area contributed by atoms with Crippen molar-refractivity contribution in [1.82, 2.24) is 9.88 Å². The average molecular weight is 391 g/mol. The summed E-state index contributed by atoms with van der Waals surface area (Å²) in [6.07, 6.45) is 0.824. The van der Waals surface area contributed by atoms with E-state index in [9.17, 15) is 9.18 Å². The molecule has 1 aliphatic rings. The summed E-state index contributed by atoms with van der Waals surface area (Å²) >= 11 is 3.19. The molecule has 1 aromatic heterocycles. The van der Waals surface area contributed by atoms with Gasteiger partial charge in [0.1, 0.15) is 11.3 Å². The molecular weight excluding hydrogens is 370 g/mol. The predicted octanol–water partition coefficient (Wildman–Crippen LogP) is 4.42. The van der Waals surface area contributed by atoms with Crippen LogP contribution in [0.25, 0.3) is 0 Å². The third kappa shape index (κ3) is 4.00. The Balaban J connectivity index is 2.17. The van der Waals surface area contributed by atoms with Crippen LogP contribution >= 0.6 is 15.9 Å². The Morgan fingerprint density at radius 1 is 1.52 bits per heavy atom. The average Bonchev–Trinajstić information content (AvgIpc) is 2.42. The lowest BCUT2D eigenvalue weighted by atomic mass is 9.79. The first-order chi connectivity index (χ1) is 10.5. The number of piperidine rings is 1. The van der Waals surface area contributed by atoms with E-state index in [2.05, 4.69) is 20.9 Å². The van der Waals surface area contributed by atoms with Crippen LogP contribution in [0.5, 0.6) is 0 Å². The fourth-order valence-electron chi connectivity index (χ4n) is 2.72. The molecule has 4 nitrogen and oxygen atoms in total. The van der Waals surface area contributed by atoms with Crippen LogP contribution < -0.4 is 0 Å². The zero-order valence-corrected chi connectivity index (χ0v) is 15.3. The minimum atomic E-state index is -1.86. The van der Waals surface area contributed by atoms with Gasteiger partial charge in [0.2, 0.25) is 5.95 Å². The number of rotatable bonds is 1. The number of ether oxygens (including phenoxy) is 1. The quantitative estimate of drug-likeness (QED) is 0.666. The minimum Gasteiger partial charge on any atom is -0.444 e. The Kier molecular flexibility index (Phi) is 4.99. The summed E-state index contributed by atoms with van der Waals surface area (Å²) in [6.45, 7) is 7.33. The number of amides is 1. The van der Waals surface area contributed by atoms with Gasteiger partial charge in [-0.2, -0.15) is 4.39 Å². The van der Waals surface area contributed by atoms with E-state index in [4.69, 9.17) is 4.74 Å². The molecule has 1 fully saturated rings. The molecule has 128 valence electrons. The van der Waals surface area contributed by atoms with Gasteiger partial charge in [0.05, 0.1) is 0 Å². The largest absolute Gasteiger partial charge is 0.444 e. The van der Waals surface area contributed by atoms with Gasteiger partial charge < -0.3 is 9.64 Å². The number of nitrogens with zero attached hydrogens (tertiary/aromatic N) is 2. The molecule has 0 saturated carbocycles. The van der Waals surface area contributed by atoms with E-state index in [-0.39, 0.29) is 25.1 Å². The van der Waals surface area contributed by atoms with E-state index in [0.29, 0.717) is 4.47 Å². The Morgan fingerprint density at radius 3 is 2.74 bits per heavy atom. The normalized spacial score (nSPS) is 25.3. The third-order valence-electron chi connectivity index (χ3n) is 3.93. The van der Waals surface area contributed by atoms with Crippen LogP contribution in [0.15, 0.2) is 16.7 Å². The lowest BCUT2D eigenvalue weighted by Gasteiger charge is -2.41. The summed E-state index contributed by atoms with van der Waals surface area (Å²) in [4.78, 5) is 17.2. The van der Waals surface area contributed by atoms with Gasteiger partial charge in [-0.15, -0.1) is 0 Å². The molecule has 0 N–H and O–H groups in total. The molecule has 23 heavy (non-hydrogen) atoms. The van der Waals surface area contributed by atoms with Gasteiger partial charge in [-0.3, -0.25) is 0 Å². The first-order valence-electron chi connectivity index (χ1n) is 7.51. The maximum Gasteiger partial charge on any atom is 0.410 e. The summed E-state index contributed by atoms with van der Waals surface area (Å²) in [5.41, 5.74) is -2.53. The smallest absolute Gasteiger partial charge is 0.410 e. The van der Waals surface area contributed by atoms with E-state index < -0.39 is 29.2 Å². The molecule has 7 heteroatoms. The highest BCUT2D eigenvalue weighted by Crippen LogP contribution is 2.42. The van der Waals surface area contributed by atoms with Crippen LogP contribution in [0, 0.1) is 11.9 Å². The second-order valence-corrected chi connectivity index (χ2v) is 7.85. The second kappa shape index (κ2) is 6.34. The van der Waals surface area contributed by atoms with Crippen molar-refractivity contribution in [1.29, 1.82) is 0 Å². The fraction of sp³-hybridized carbons (Fsp3) is 0.625. The van der Waals surface area contributed by atoms with Crippen molar-refractivity contribution < 1.29 is 18.3 Å². The van der Waals surface area contributed by atoms with E-state index in [0.717, 1.165) is 0 Å². The number of carbonyl (C=O) groups excluding carboxylic acids is 1. The highest BCUT2D eigenvalue weighted by Gasteiger charge is 2.46. The monoisotopic (exact) mass is 390 g/mol. The van der Waals surface area contributed by atoms with Gasteiger partial charge in [-0.1, -0.05) is 6.92 Å². The molecule has 1 aromatic rings. The van der Waals surface area contributed by atoms with Crippen molar-refractivity contribution >= 4 is 22.0 Å². The number of carbonyl (C=O) groups is 1. The summed E-state index contributed by atoms with van der Waals surface area (Å²) in [7, 11) is 0. The number of halogens is 3. The Bertz CT molecular complexity index is 606. The summed E-state index contributed by atoms with van der Waals surface area (Å²) in [6, 6.07) is 1.42. The molecule has 1 saturated heterocycles. The molecule has 0 spiro atoms. The van der Waals surface area contributed by atoms with Gasteiger partial charge in [0.25, 0.3) is 0 Å². The van der Waals surface area contributed by atoms with Crippen LogP contribution in [0.3, 0.4) is 0 Å². The van der Waals surface area contributed by atoms with Crippen molar-refractivity contribution in [3.63, 3.8) is 0 Å². The molecule has 1 aliphatic heterocycles. The van der Waals surface area contributed by atoms with Crippen molar-refractivity contribution in [3.8, 4) is 0 Å². The van der Waals surface area contributed by atoms with Crippen LogP contribution in [0.4, 0.5) is 13.6 Å². The number of aromatic nitrogens is 1. The topological polar surface area (TPSA) is 42.4 Å². The summed E-state index contributed by atoms with van der Waals surface area (Å²) in [5.74, 6) is -1.39. The SMILES string of the molecule is CC1CN(C(=O)OC(C)(C)C)CCC1(F)c1cc(Br)cnc1F. The van der Waals surface area contributed by atoms with Gasteiger partial charge in [0, 0.05) is 41.7 Å². The fourth-order valence-corrected chi connectivity index (χ4v) is 3.05. The van der Waals surface area contributed by atoms with E-state index in [1.165, 1.54) is 17.2 Å². The van der Waals surface area contributed by atoms with Gasteiger partial charge in [0.15, 0.2) is 0 Å². The standard InChI is InChI=1S/C16H21BrF2N2O2/c1-10-9-21(14(22)23-15(2,3)4)6-5-16(10,19)12-7-11(17)8-20-13(12)18/h7-8,10H,5-6,9H2,1-4H3. The van der Waals surface area contributed by atoms with Crippen LogP contribution in [-0.2, 0) is 10.4 Å². The molecule has 0 aromatic carbocycles. The first kappa shape index (κ1) is 18.1. The predicted molar refractivity (Wildman–Crippen MR) is 86.3 cm³/mol. The maximum atomic E-state index is 15.4. The lowest BCUT2D eigenvalue weighted by molar-refractivity contribution is -0.0232. The van der Waals surface area contributed by atoms with Crippen molar-refractivity contribution in [2.24, 2.45) is 5.92 Å². The number of pyridine rings is 1. The number of hydrogen-bond acceptors (Lipinski definition) is 3. The second-order valence-electron chi connectivity index (χ2n) is 6.93. The molecule has 2 atom stereocenters. The van der Waals surface area contributed by atoms with E-state index >= 15 is 4.39 Å². The number of likely N-dealkylation sites (tertiary alicyclic amines) is 1. The highest BCUT2D eigenvalue weighted by atomic mass is 79.9. The lowest BCUT2D eigenvalue weighted by Crippen LogP contribution is -2.50. The van der Waals surface area contributed by atoms with Crippen molar-refractivity contribution in [2.75, 3.05) is 13.1 Å². The van der Waals surface area contributed by atoms with Gasteiger partial charge in [-0.25, -0.2) is 14.2 Å². The van der Waals surface area contributed by atoms with Crippen molar-refractivity contribution in [3.05, 3.63) is 28.2 Å². The van der Waals surface area contributed by atoms with E-state index in [1.807, 2.05) is 0 Å². The molecule has 2 heterocycles. The summed E-state index contributed by atoms with van der Waals surface area (Å²) < 4.78 is 35.2. The highest BCUT2D eigenvalue weighted by molar-refractivity contribution is 9.10. The minimum absolute atomic E-state index is 0.00244. The third-order valence-corrected chi connectivity index (χ3v) is 4.36. The van der Waals surface area contributed by atoms with Crippen LogP contribution in [-0.4, -0.2) is 34.7 Å². The molecular formula is C16H21BrF2N2O2. The Morgan fingerprint density at radius 2 is 2.17 bits per heavy atom. The maximum absolute atomic E-state index is 15.4. The molecule has 2 rings (SSSR count). The van der Waals surface area contributed by atoms with E-state index in [1.54, 1.807) is 27.7 Å². The first-order valence-corrected chi connectivity index (χ1v) is 8.30. The zero-order valence-electron chi connectivity index (χ0n) is 13.7. The van der Waals surface area contributed by atoms with Gasteiger partial charge >= 0.3 is 6.09 Å². The molecule has 0 bridgehead atoms. The van der Waals surface area contributed by atoms with Crippen LogP contribution in [0.1, 0.15) is 39.7 Å². The van der Waals surface area contributed by atoms with Gasteiger partial charge in [-0.05, 0) is 42.8 Å². The van der Waals surface area contributed by atoms with Crippen LogP contribution in [0.2, 0.25) is 0 Å². The molecule has 1 amide bonds. The molecule has 2 unspecified atom stereocenters. The Labute approximate surface area is 143 Å². The molecule has 0 aliphatic carbocycles. The Hall–Kier alpha value is -1.24. The summed E-state index contributed by atoms with van der Waals surface area (Å²) in [5, 5.41) is 0. The number of hydrogen-bond donors (Lipinski definition) is 0. The zero-order chi connectivity index (χ0) is 17.4. The number of alkyl halides is 1.